The third-order valence-corrected chi connectivity index (χ3v) is 6.53. The van der Waals surface area contributed by atoms with Crippen LogP contribution in [0, 0.1) is 11.8 Å². The minimum absolute atomic E-state index is 0.0497. The van der Waals surface area contributed by atoms with E-state index in [4.69, 9.17) is 0 Å². The van der Waals surface area contributed by atoms with Crippen molar-refractivity contribution in [3.8, 4) is 0 Å². The van der Waals surface area contributed by atoms with Crippen molar-refractivity contribution in [3.05, 3.63) is 35.9 Å². The molecular weight excluding hydrogens is 444 g/mol. The molecule has 8 nitrogen and oxygen atoms in total. The van der Waals surface area contributed by atoms with Gasteiger partial charge in [-0.1, -0.05) is 65.2 Å². The summed E-state index contributed by atoms with van der Waals surface area (Å²) in [6.45, 7) is 8.38. The Balaban J connectivity index is 1.80. The van der Waals surface area contributed by atoms with E-state index in [9.17, 15) is 19.2 Å². The Hall–Kier alpha value is -3.03. The molecule has 1 aromatic rings. The summed E-state index contributed by atoms with van der Waals surface area (Å²) >= 11 is 0. The van der Waals surface area contributed by atoms with Gasteiger partial charge in [0, 0.05) is 12.1 Å². The lowest BCUT2D eigenvalue weighted by Crippen LogP contribution is -2.62. The van der Waals surface area contributed by atoms with Crippen LogP contribution in [0.4, 0.5) is 0 Å². The number of carbonyl (C=O) groups is 4. The molecule has 1 saturated carbocycles. The smallest absolute Gasteiger partial charge is 0.252 e. The molecule has 3 amide bonds. The van der Waals surface area contributed by atoms with Gasteiger partial charge in [-0.05, 0) is 43.2 Å². The van der Waals surface area contributed by atoms with Gasteiger partial charge in [-0.25, -0.2) is 5.01 Å². The van der Waals surface area contributed by atoms with Crippen LogP contribution >= 0.6 is 0 Å². The predicted octanol–water partition coefficient (Wildman–Crippen LogP) is 3.46. The summed E-state index contributed by atoms with van der Waals surface area (Å²) in [4.78, 5) is 52.4. The third-order valence-electron chi connectivity index (χ3n) is 6.53. The Morgan fingerprint density at radius 3 is 2.26 bits per heavy atom. The highest BCUT2D eigenvalue weighted by molar-refractivity contribution is 6.45. The molecule has 2 N–H and O–H groups in total. The lowest BCUT2D eigenvalue weighted by atomic mass is 9.80. The summed E-state index contributed by atoms with van der Waals surface area (Å²) in [5, 5.41) is 11.6. The normalized spacial score (nSPS) is 18.4. The maximum absolute atomic E-state index is 13.7. The summed E-state index contributed by atoms with van der Waals surface area (Å²) in [6, 6.07) is 8.03. The first kappa shape index (κ1) is 26.6. The van der Waals surface area contributed by atoms with Gasteiger partial charge < -0.3 is 10.6 Å². The van der Waals surface area contributed by atoms with Crippen molar-refractivity contribution in [3.63, 3.8) is 0 Å². The van der Waals surface area contributed by atoms with E-state index < -0.39 is 11.6 Å². The van der Waals surface area contributed by atoms with E-state index in [0.29, 0.717) is 31.4 Å². The zero-order valence-electron chi connectivity index (χ0n) is 21.3. The topological polar surface area (TPSA) is 108 Å². The fraction of sp³-hybridized carbons (Fsp3) is 0.593. The highest BCUT2D eigenvalue weighted by atomic mass is 16.2. The molecule has 2 aliphatic rings. The molecular formula is C27H38N4O4. The van der Waals surface area contributed by atoms with Crippen LogP contribution in [0.15, 0.2) is 35.4 Å². The molecule has 0 bridgehead atoms. The fourth-order valence-electron chi connectivity index (χ4n) is 4.74. The monoisotopic (exact) mass is 482 g/mol. The lowest BCUT2D eigenvalue weighted by molar-refractivity contribution is -0.131. The number of amides is 3. The van der Waals surface area contributed by atoms with Crippen molar-refractivity contribution in [1.29, 1.82) is 0 Å². The zero-order chi connectivity index (χ0) is 25.6. The highest BCUT2D eigenvalue weighted by Crippen LogP contribution is 2.29. The molecule has 0 unspecified atom stereocenters. The second kappa shape index (κ2) is 11.6. The van der Waals surface area contributed by atoms with Crippen molar-refractivity contribution < 1.29 is 19.2 Å². The van der Waals surface area contributed by atoms with E-state index in [1.165, 1.54) is 5.01 Å². The molecule has 1 heterocycles. The van der Waals surface area contributed by atoms with E-state index in [1.807, 2.05) is 33.8 Å². The number of hydrogen-bond acceptors (Lipinski definition) is 5. The first-order valence-corrected chi connectivity index (χ1v) is 12.7. The predicted molar refractivity (Wildman–Crippen MR) is 135 cm³/mol. The summed E-state index contributed by atoms with van der Waals surface area (Å²) in [6.07, 6.45) is 4.03. The van der Waals surface area contributed by atoms with Crippen molar-refractivity contribution in [2.45, 2.75) is 84.2 Å². The van der Waals surface area contributed by atoms with Crippen LogP contribution in [0.1, 0.15) is 83.0 Å². The lowest BCUT2D eigenvalue weighted by Gasteiger charge is -2.37. The maximum Gasteiger partial charge on any atom is 0.252 e. The number of carbonyl (C=O) groups excluding carboxylic acids is 4. The van der Waals surface area contributed by atoms with Crippen molar-refractivity contribution in [2.24, 2.45) is 16.9 Å². The van der Waals surface area contributed by atoms with E-state index >= 15 is 0 Å². The van der Waals surface area contributed by atoms with E-state index in [-0.39, 0.29) is 47.5 Å². The Labute approximate surface area is 207 Å². The van der Waals surface area contributed by atoms with E-state index in [0.717, 1.165) is 19.3 Å². The first-order chi connectivity index (χ1) is 16.6. The Morgan fingerprint density at radius 2 is 1.66 bits per heavy atom. The van der Waals surface area contributed by atoms with Crippen LogP contribution in [0.5, 0.6) is 0 Å². The SMILES string of the molecule is CC(C)C[C@H](NC(=O)C1(NC(=O)c2ccccc2)CCCCC1)C(=O)C1=NN(CC(C)C)C(=O)C1. The quantitative estimate of drug-likeness (QED) is 0.532. The van der Waals surface area contributed by atoms with Crippen LogP contribution in [0.25, 0.3) is 0 Å². The minimum Gasteiger partial charge on any atom is -0.344 e. The maximum atomic E-state index is 13.7. The minimum atomic E-state index is -1.07. The molecule has 190 valence electrons. The second-order valence-electron chi connectivity index (χ2n) is 10.6. The summed E-state index contributed by atoms with van der Waals surface area (Å²) < 4.78 is 0. The number of ketones is 1. The first-order valence-electron chi connectivity index (χ1n) is 12.7. The molecule has 1 fully saturated rings. The number of rotatable bonds is 10. The van der Waals surface area contributed by atoms with Gasteiger partial charge in [0.05, 0.1) is 12.5 Å². The molecule has 3 rings (SSSR count). The molecule has 8 heteroatoms. The summed E-state index contributed by atoms with van der Waals surface area (Å²) in [5.74, 6) is -0.811. The molecule has 1 aliphatic carbocycles. The van der Waals surface area contributed by atoms with Crippen LogP contribution in [0.2, 0.25) is 0 Å². The number of Topliss-reactive ketones (excluding diaryl/α,β-unsaturated/α-hetero) is 1. The summed E-state index contributed by atoms with van der Waals surface area (Å²) in [7, 11) is 0. The van der Waals surface area contributed by atoms with Crippen molar-refractivity contribution in [1.82, 2.24) is 15.6 Å². The number of hydrogen-bond donors (Lipinski definition) is 2. The van der Waals surface area contributed by atoms with Crippen LogP contribution in [-0.2, 0) is 14.4 Å². The molecule has 1 aliphatic heterocycles. The average molecular weight is 483 g/mol. The van der Waals surface area contributed by atoms with Gasteiger partial charge in [0.25, 0.3) is 5.91 Å². The number of nitrogens with zero attached hydrogens (tertiary/aromatic N) is 2. The molecule has 0 spiro atoms. The molecule has 1 aromatic carbocycles. The van der Waals surface area contributed by atoms with Crippen LogP contribution in [0.3, 0.4) is 0 Å². The molecule has 0 radical (unpaired) electrons. The Kier molecular flexibility index (Phi) is 8.81. The zero-order valence-corrected chi connectivity index (χ0v) is 21.3. The molecule has 0 aromatic heterocycles. The summed E-state index contributed by atoms with van der Waals surface area (Å²) in [5.41, 5.74) is -0.394. The van der Waals surface area contributed by atoms with Gasteiger partial charge in [0.1, 0.15) is 11.3 Å². The highest BCUT2D eigenvalue weighted by Gasteiger charge is 2.43. The van der Waals surface area contributed by atoms with Gasteiger partial charge >= 0.3 is 0 Å². The number of nitrogens with one attached hydrogen (secondary N) is 2. The number of benzene rings is 1. The van der Waals surface area contributed by atoms with Gasteiger partial charge in [0.2, 0.25) is 17.6 Å². The van der Waals surface area contributed by atoms with Crippen molar-refractivity contribution in [2.75, 3.05) is 6.54 Å². The van der Waals surface area contributed by atoms with Crippen LogP contribution in [-0.4, -0.2) is 52.4 Å². The average Bonchev–Trinajstić information content (AvgIpc) is 3.18. The van der Waals surface area contributed by atoms with Crippen LogP contribution < -0.4 is 10.6 Å². The standard InChI is InChI=1S/C27H38N4O4/c1-18(2)15-21(24(33)22-16-23(32)31(30-22)17-19(3)4)28-26(35)27(13-9-6-10-14-27)29-25(34)20-11-7-5-8-12-20/h5,7-8,11-12,18-19,21H,6,9-10,13-17H2,1-4H3,(H,28,35)(H,29,34)/t21-/m0/s1. The van der Waals surface area contributed by atoms with E-state index in [1.54, 1.807) is 24.3 Å². The third kappa shape index (κ3) is 6.77. The van der Waals surface area contributed by atoms with Gasteiger partial charge in [0.15, 0.2) is 0 Å². The molecule has 35 heavy (non-hydrogen) atoms. The fourth-order valence-corrected chi connectivity index (χ4v) is 4.74. The Bertz CT molecular complexity index is 965. The van der Waals surface area contributed by atoms with Gasteiger partial charge in [-0.3, -0.25) is 19.2 Å². The van der Waals surface area contributed by atoms with E-state index in [2.05, 4.69) is 15.7 Å². The van der Waals surface area contributed by atoms with Gasteiger partial charge in [-0.15, -0.1) is 0 Å². The Morgan fingerprint density at radius 1 is 1.00 bits per heavy atom. The molecule has 1 atom stereocenters. The molecule has 0 saturated heterocycles. The second-order valence-corrected chi connectivity index (χ2v) is 10.6. The largest absolute Gasteiger partial charge is 0.344 e. The van der Waals surface area contributed by atoms with Crippen molar-refractivity contribution >= 4 is 29.2 Å². The number of hydrazone groups is 1. The van der Waals surface area contributed by atoms with Gasteiger partial charge in [-0.2, -0.15) is 5.10 Å².